The quantitative estimate of drug-likeness (QED) is 0.892. The molecule has 3 rings (SSSR count). The van der Waals surface area contributed by atoms with Gasteiger partial charge in [-0.2, -0.15) is 0 Å². The first-order chi connectivity index (χ1) is 11.6. The fourth-order valence-corrected chi connectivity index (χ4v) is 3.12. The summed E-state index contributed by atoms with van der Waals surface area (Å²) in [5.74, 6) is 0.848. The summed E-state index contributed by atoms with van der Waals surface area (Å²) in [6.07, 6.45) is 4.88. The second-order valence-electron chi connectivity index (χ2n) is 6.68. The Balaban J connectivity index is 1.59. The zero-order chi connectivity index (χ0) is 16.9. The molecule has 0 saturated heterocycles. The minimum absolute atomic E-state index is 0.00844. The molecule has 0 unspecified atom stereocenters. The van der Waals surface area contributed by atoms with E-state index in [0.717, 1.165) is 29.7 Å². The van der Waals surface area contributed by atoms with Gasteiger partial charge in [-0.05, 0) is 80.5 Å². The molecular formula is C21H25NO2. The van der Waals surface area contributed by atoms with Crippen LogP contribution in [-0.2, 0) is 19.4 Å². The van der Waals surface area contributed by atoms with E-state index in [1.807, 2.05) is 44.2 Å². The highest BCUT2D eigenvalue weighted by Gasteiger charge is 2.12. The number of hydrogen-bond acceptors (Lipinski definition) is 2. The maximum absolute atomic E-state index is 12.4. The summed E-state index contributed by atoms with van der Waals surface area (Å²) >= 11 is 0. The molecule has 0 radical (unpaired) electrons. The van der Waals surface area contributed by atoms with Crippen LogP contribution in [-0.4, -0.2) is 12.0 Å². The van der Waals surface area contributed by atoms with Gasteiger partial charge in [-0.25, -0.2) is 0 Å². The zero-order valence-electron chi connectivity index (χ0n) is 14.5. The molecule has 2 aromatic rings. The Bertz CT molecular complexity index is 704. The average molecular weight is 323 g/mol. The van der Waals surface area contributed by atoms with Gasteiger partial charge in [0.1, 0.15) is 5.75 Å². The van der Waals surface area contributed by atoms with E-state index in [4.69, 9.17) is 4.74 Å². The van der Waals surface area contributed by atoms with Crippen molar-refractivity contribution in [2.45, 2.75) is 52.2 Å². The van der Waals surface area contributed by atoms with Crippen molar-refractivity contribution in [3.63, 3.8) is 0 Å². The van der Waals surface area contributed by atoms with E-state index in [0.29, 0.717) is 6.54 Å². The molecule has 0 saturated carbocycles. The molecule has 3 nitrogen and oxygen atoms in total. The Morgan fingerprint density at radius 2 is 1.75 bits per heavy atom. The van der Waals surface area contributed by atoms with Gasteiger partial charge in [-0.15, -0.1) is 0 Å². The molecule has 0 bridgehead atoms. The lowest BCUT2D eigenvalue weighted by atomic mass is 9.90. The number of rotatable bonds is 5. The van der Waals surface area contributed by atoms with Crippen molar-refractivity contribution in [3.05, 3.63) is 64.7 Å². The van der Waals surface area contributed by atoms with Gasteiger partial charge >= 0.3 is 0 Å². The molecule has 0 heterocycles. The molecule has 1 N–H and O–H groups in total. The number of carbonyl (C=O) groups is 1. The molecule has 0 fully saturated rings. The molecule has 0 atom stereocenters. The van der Waals surface area contributed by atoms with E-state index in [1.165, 1.54) is 24.0 Å². The molecule has 24 heavy (non-hydrogen) atoms. The summed E-state index contributed by atoms with van der Waals surface area (Å²) in [5.41, 5.74) is 4.57. The number of fused-ring (bicyclic) bond motifs is 1. The van der Waals surface area contributed by atoms with E-state index in [2.05, 4.69) is 17.4 Å². The first-order valence-electron chi connectivity index (χ1n) is 8.77. The van der Waals surface area contributed by atoms with Crippen LogP contribution in [0.5, 0.6) is 5.75 Å². The Hall–Kier alpha value is -2.29. The molecule has 2 aromatic carbocycles. The normalized spacial score (nSPS) is 13.5. The predicted octanol–water partition coefficient (Wildman–Crippen LogP) is 4.28. The van der Waals surface area contributed by atoms with Crippen LogP contribution >= 0.6 is 0 Å². The van der Waals surface area contributed by atoms with Crippen molar-refractivity contribution in [1.29, 1.82) is 0 Å². The van der Waals surface area contributed by atoms with E-state index < -0.39 is 0 Å². The summed E-state index contributed by atoms with van der Waals surface area (Å²) in [7, 11) is 0. The third-order valence-electron chi connectivity index (χ3n) is 4.36. The third kappa shape index (κ3) is 4.16. The molecule has 0 spiro atoms. The number of amides is 1. The molecule has 0 aromatic heterocycles. The monoisotopic (exact) mass is 323 g/mol. The van der Waals surface area contributed by atoms with Gasteiger partial charge in [-0.3, -0.25) is 4.79 Å². The highest BCUT2D eigenvalue weighted by Crippen LogP contribution is 2.22. The van der Waals surface area contributed by atoms with E-state index >= 15 is 0 Å². The zero-order valence-corrected chi connectivity index (χ0v) is 14.5. The summed E-state index contributed by atoms with van der Waals surface area (Å²) < 4.78 is 5.63. The maximum Gasteiger partial charge on any atom is 0.251 e. The minimum Gasteiger partial charge on any atom is -0.491 e. The Morgan fingerprint density at radius 1 is 1.04 bits per heavy atom. The van der Waals surface area contributed by atoms with Crippen molar-refractivity contribution in [1.82, 2.24) is 5.32 Å². The second-order valence-corrected chi connectivity index (χ2v) is 6.68. The van der Waals surface area contributed by atoms with E-state index in [1.54, 1.807) is 0 Å². The van der Waals surface area contributed by atoms with Crippen LogP contribution in [0.1, 0.15) is 53.7 Å². The SMILES string of the molecule is CC(C)Oc1ccc(CNC(=O)c2ccc3c(c2)CCCC3)cc1. The maximum atomic E-state index is 12.4. The number of hydrogen-bond donors (Lipinski definition) is 1. The van der Waals surface area contributed by atoms with Crippen molar-refractivity contribution in [3.8, 4) is 5.75 Å². The predicted molar refractivity (Wildman–Crippen MR) is 96.5 cm³/mol. The number of aryl methyl sites for hydroxylation is 2. The van der Waals surface area contributed by atoms with Gasteiger partial charge in [0.05, 0.1) is 6.10 Å². The van der Waals surface area contributed by atoms with Crippen LogP contribution in [0.4, 0.5) is 0 Å². The fourth-order valence-electron chi connectivity index (χ4n) is 3.12. The van der Waals surface area contributed by atoms with Crippen molar-refractivity contribution < 1.29 is 9.53 Å². The first-order valence-corrected chi connectivity index (χ1v) is 8.77. The molecule has 126 valence electrons. The number of benzene rings is 2. The van der Waals surface area contributed by atoms with Crippen LogP contribution in [0.15, 0.2) is 42.5 Å². The summed E-state index contributed by atoms with van der Waals surface area (Å²) in [4.78, 5) is 12.4. The van der Waals surface area contributed by atoms with Crippen molar-refractivity contribution in [2.24, 2.45) is 0 Å². The second kappa shape index (κ2) is 7.52. The van der Waals surface area contributed by atoms with Crippen LogP contribution in [0, 0.1) is 0 Å². The van der Waals surface area contributed by atoms with Crippen LogP contribution in [0.3, 0.4) is 0 Å². The van der Waals surface area contributed by atoms with Crippen LogP contribution in [0.2, 0.25) is 0 Å². The van der Waals surface area contributed by atoms with E-state index in [9.17, 15) is 4.79 Å². The topological polar surface area (TPSA) is 38.3 Å². The Labute approximate surface area is 144 Å². The van der Waals surface area contributed by atoms with Crippen molar-refractivity contribution >= 4 is 5.91 Å². The van der Waals surface area contributed by atoms with Gasteiger partial charge in [-0.1, -0.05) is 18.2 Å². The Kier molecular flexibility index (Phi) is 5.19. The van der Waals surface area contributed by atoms with Crippen LogP contribution < -0.4 is 10.1 Å². The average Bonchev–Trinajstić information content (AvgIpc) is 2.60. The molecule has 0 aliphatic heterocycles. The lowest BCUT2D eigenvalue weighted by Crippen LogP contribution is -2.23. The molecule has 1 aliphatic rings. The molecule has 1 amide bonds. The lowest BCUT2D eigenvalue weighted by Gasteiger charge is -2.16. The van der Waals surface area contributed by atoms with Gasteiger partial charge in [0.25, 0.3) is 5.91 Å². The molecule has 1 aliphatic carbocycles. The first kappa shape index (κ1) is 16.6. The molecule has 3 heteroatoms. The van der Waals surface area contributed by atoms with Gasteiger partial charge in [0, 0.05) is 12.1 Å². The van der Waals surface area contributed by atoms with Gasteiger partial charge in [0.15, 0.2) is 0 Å². The highest BCUT2D eigenvalue weighted by molar-refractivity contribution is 5.94. The van der Waals surface area contributed by atoms with Gasteiger partial charge in [0.2, 0.25) is 0 Å². The largest absolute Gasteiger partial charge is 0.491 e. The van der Waals surface area contributed by atoms with Crippen molar-refractivity contribution in [2.75, 3.05) is 0 Å². The third-order valence-corrected chi connectivity index (χ3v) is 4.36. The summed E-state index contributed by atoms with van der Waals surface area (Å²) in [5, 5.41) is 3.00. The standard InChI is InChI=1S/C21H25NO2/c1-15(2)24-20-11-7-16(8-12-20)14-22-21(23)19-10-9-17-5-3-4-6-18(17)13-19/h7-13,15H,3-6,14H2,1-2H3,(H,22,23). The van der Waals surface area contributed by atoms with Gasteiger partial charge < -0.3 is 10.1 Å². The van der Waals surface area contributed by atoms with Crippen LogP contribution in [0.25, 0.3) is 0 Å². The molecular weight excluding hydrogens is 298 g/mol. The fraction of sp³-hybridized carbons (Fsp3) is 0.381. The number of carbonyl (C=O) groups excluding carboxylic acids is 1. The highest BCUT2D eigenvalue weighted by atomic mass is 16.5. The minimum atomic E-state index is -0.00844. The number of ether oxygens (including phenoxy) is 1. The summed E-state index contributed by atoms with van der Waals surface area (Å²) in [6.45, 7) is 4.54. The smallest absolute Gasteiger partial charge is 0.251 e. The Morgan fingerprint density at radius 3 is 2.46 bits per heavy atom. The lowest BCUT2D eigenvalue weighted by molar-refractivity contribution is 0.0951. The summed E-state index contributed by atoms with van der Waals surface area (Å²) in [6, 6.07) is 14.0. The number of nitrogens with one attached hydrogen (secondary N) is 1. The van der Waals surface area contributed by atoms with E-state index in [-0.39, 0.29) is 12.0 Å².